The molecule has 0 unspecified atom stereocenters. The molecule has 0 bridgehead atoms. The second-order valence-corrected chi connectivity index (χ2v) is 5.43. The number of fused-ring (bicyclic) bond motifs is 1. The standard InChI is InChI=1S/C13H14ClN3O/c1-13(7-18)4-2-9(6-13)17-5-3-10-11(14)15-8-16-12(10)17/h2-5,8-9,18H,6-7H2,1H3/t9-,13+/m0/s1. The second-order valence-electron chi connectivity index (χ2n) is 5.07. The third-order valence-corrected chi connectivity index (χ3v) is 3.88. The van der Waals surface area contributed by atoms with Gasteiger partial charge in [0.15, 0.2) is 0 Å². The number of hydrogen-bond donors (Lipinski definition) is 1. The molecule has 0 saturated carbocycles. The minimum Gasteiger partial charge on any atom is -0.395 e. The van der Waals surface area contributed by atoms with E-state index in [0.29, 0.717) is 5.15 Å². The van der Waals surface area contributed by atoms with E-state index in [9.17, 15) is 5.11 Å². The van der Waals surface area contributed by atoms with Gasteiger partial charge in [0.2, 0.25) is 0 Å². The molecule has 1 aliphatic carbocycles. The van der Waals surface area contributed by atoms with Gasteiger partial charge in [-0.15, -0.1) is 0 Å². The molecular formula is C13H14ClN3O. The third kappa shape index (κ3) is 1.72. The lowest BCUT2D eigenvalue weighted by atomic mass is 9.90. The van der Waals surface area contributed by atoms with Gasteiger partial charge in [0.25, 0.3) is 0 Å². The zero-order chi connectivity index (χ0) is 12.8. The fraction of sp³-hybridized carbons (Fsp3) is 0.385. The van der Waals surface area contributed by atoms with Gasteiger partial charge in [-0.1, -0.05) is 30.7 Å². The van der Waals surface area contributed by atoms with Crippen LogP contribution in [-0.4, -0.2) is 26.2 Å². The van der Waals surface area contributed by atoms with Crippen molar-refractivity contribution < 1.29 is 5.11 Å². The number of halogens is 1. The summed E-state index contributed by atoms with van der Waals surface area (Å²) < 4.78 is 2.08. The van der Waals surface area contributed by atoms with Crippen LogP contribution < -0.4 is 0 Å². The average molecular weight is 264 g/mol. The van der Waals surface area contributed by atoms with E-state index in [1.54, 1.807) is 0 Å². The Morgan fingerprint density at radius 2 is 2.39 bits per heavy atom. The highest BCUT2D eigenvalue weighted by atomic mass is 35.5. The van der Waals surface area contributed by atoms with Crippen LogP contribution in [0.25, 0.3) is 11.0 Å². The van der Waals surface area contributed by atoms with Crippen LogP contribution in [0.2, 0.25) is 5.15 Å². The van der Waals surface area contributed by atoms with E-state index in [0.717, 1.165) is 17.5 Å². The smallest absolute Gasteiger partial charge is 0.145 e. The molecule has 4 nitrogen and oxygen atoms in total. The van der Waals surface area contributed by atoms with Crippen molar-refractivity contribution in [3.8, 4) is 0 Å². The molecule has 0 radical (unpaired) electrons. The summed E-state index contributed by atoms with van der Waals surface area (Å²) >= 11 is 6.04. The maximum absolute atomic E-state index is 9.39. The van der Waals surface area contributed by atoms with E-state index < -0.39 is 0 Å². The molecule has 0 aliphatic heterocycles. The van der Waals surface area contributed by atoms with Gasteiger partial charge >= 0.3 is 0 Å². The van der Waals surface area contributed by atoms with Gasteiger partial charge in [-0.05, 0) is 12.5 Å². The number of aliphatic hydroxyl groups is 1. The van der Waals surface area contributed by atoms with Gasteiger partial charge in [0, 0.05) is 11.6 Å². The molecule has 3 rings (SSSR count). The first-order valence-electron chi connectivity index (χ1n) is 5.90. The highest BCUT2D eigenvalue weighted by Crippen LogP contribution is 2.38. The minimum atomic E-state index is -0.141. The van der Waals surface area contributed by atoms with Gasteiger partial charge < -0.3 is 9.67 Å². The Balaban J connectivity index is 2.02. The molecule has 2 heterocycles. The van der Waals surface area contributed by atoms with Crippen molar-refractivity contribution in [2.45, 2.75) is 19.4 Å². The molecule has 1 aliphatic rings. The van der Waals surface area contributed by atoms with Crippen LogP contribution in [0.4, 0.5) is 0 Å². The monoisotopic (exact) mass is 263 g/mol. The summed E-state index contributed by atoms with van der Waals surface area (Å²) in [6.07, 6.45) is 8.52. The topological polar surface area (TPSA) is 50.9 Å². The SMILES string of the molecule is C[C@@]1(CO)C=C[C@H](n2ccc3c(Cl)ncnc32)C1. The number of aromatic nitrogens is 3. The Hall–Kier alpha value is -1.39. The van der Waals surface area contributed by atoms with E-state index in [4.69, 9.17) is 11.6 Å². The van der Waals surface area contributed by atoms with Gasteiger partial charge in [0.05, 0.1) is 18.0 Å². The summed E-state index contributed by atoms with van der Waals surface area (Å²) in [6, 6.07) is 2.14. The molecule has 2 aromatic rings. The molecule has 0 aromatic carbocycles. The number of rotatable bonds is 2. The van der Waals surface area contributed by atoms with Gasteiger partial charge in [0.1, 0.15) is 17.1 Å². The Morgan fingerprint density at radius 1 is 1.56 bits per heavy atom. The summed E-state index contributed by atoms with van der Waals surface area (Å²) in [5, 5.41) is 10.7. The van der Waals surface area contributed by atoms with Crippen molar-refractivity contribution in [2.24, 2.45) is 5.41 Å². The summed E-state index contributed by atoms with van der Waals surface area (Å²) in [5.74, 6) is 0. The lowest BCUT2D eigenvalue weighted by molar-refractivity contribution is 0.175. The predicted octanol–water partition coefficient (Wildman–Crippen LogP) is 2.58. The first-order valence-corrected chi connectivity index (χ1v) is 6.28. The second kappa shape index (κ2) is 4.07. The van der Waals surface area contributed by atoms with Crippen LogP contribution >= 0.6 is 11.6 Å². The molecule has 2 atom stereocenters. The summed E-state index contributed by atoms with van der Waals surface area (Å²) in [5.41, 5.74) is 0.699. The largest absolute Gasteiger partial charge is 0.395 e. The van der Waals surface area contributed by atoms with Crippen molar-refractivity contribution in [1.29, 1.82) is 0 Å². The van der Waals surface area contributed by atoms with Crippen molar-refractivity contribution in [3.63, 3.8) is 0 Å². The van der Waals surface area contributed by atoms with Crippen LogP contribution in [0, 0.1) is 5.41 Å². The number of allylic oxidation sites excluding steroid dienone is 1. The molecule has 1 N–H and O–H groups in total. The molecule has 0 amide bonds. The Morgan fingerprint density at radius 3 is 3.11 bits per heavy atom. The maximum Gasteiger partial charge on any atom is 0.145 e. The van der Waals surface area contributed by atoms with Crippen molar-refractivity contribution in [1.82, 2.24) is 14.5 Å². The molecule has 0 saturated heterocycles. The Bertz CT molecular complexity index is 622. The van der Waals surface area contributed by atoms with Crippen molar-refractivity contribution in [2.75, 3.05) is 6.61 Å². The van der Waals surface area contributed by atoms with Gasteiger partial charge in [-0.25, -0.2) is 9.97 Å². The fourth-order valence-electron chi connectivity index (χ4n) is 2.47. The Kier molecular flexibility index (Phi) is 2.64. The third-order valence-electron chi connectivity index (χ3n) is 3.58. The first-order chi connectivity index (χ1) is 8.63. The van der Waals surface area contributed by atoms with E-state index >= 15 is 0 Å². The van der Waals surface area contributed by atoms with Crippen molar-refractivity contribution in [3.05, 3.63) is 35.9 Å². The highest BCUT2D eigenvalue weighted by Gasteiger charge is 2.30. The number of hydrogen-bond acceptors (Lipinski definition) is 3. The lowest BCUT2D eigenvalue weighted by Crippen LogP contribution is -2.18. The maximum atomic E-state index is 9.39. The lowest BCUT2D eigenvalue weighted by Gasteiger charge is -2.21. The van der Waals surface area contributed by atoms with Crippen LogP contribution in [0.1, 0.15) is 19.4 Å². The van der Waals surface area contributed by atoms with Crippen LogP contribution in [0.5, 0.6) is 0 Å². The van der Waals surface area contributed by atoms with E-state index in [2.05, 4.69) is 33.6 Å². The van der Waals surface area contributed by atoms with Crippen LogP contribution in [0.15, 0.2) is 30.7 Å². The average Bonchev–Trinajstić information content (AvgIpc) is 2.94. The molecule has 2 aromatic heterocycles. The fourth-order valence-corrected chi connectivity index (χ4v) is 2.66. The zero-order valence-corrected chi connectivity index (χ0v) is 10.8. The zero-order valence-electron chi connectivity index (χ0n) is 10.0. The number of aliphatic hydroxyl groups excluding tert-OH is 1. The normalized spacial score (nSPS) is 27.2. The molecule has 0 spiro atoms. The first kappa shape index (κ1) is 11.7. The molecule has 18 heavy (non-hydrogen) atoms. The molecular weight excluding hydrogens is 250 g/mol. The van der Waals surface area contributed by atoms with Gasteiger partial charge in [-0.3, -0.25) is 0 Å². The summed E-state index contributed by atoms with van der Waals surface area (Å²) in [6.45, 7) is 2.21. The predicted molar refractivity (Wildman–Crippen MR) is 70.5 cm³/mol. The van der Waals surface area contributed by atoms with Crippen LogP contribution in [-0.2, 0) is 0 Å². The Labute approximate surface area is 110 Å². The molecule has 5 heteroatoms. The molecule has 94 valence electrons. The molecule has 0 fully saturated rings. The van der Waals surface area contributed by atoms with E-state index in [-0.39, 0.29) is 18.1 Å². The highest BCUT2D eigenvalue weighted by molar-refractivity contribution is 6.33. The van der Waals surface area contributed by atoms with Crippen LogP contribution in [0.3, 0.4) is 0 Å². The van der Waals surface area contributed by atoms with E-state index in [1.807, 2.05) is 12.3 Å². The quantitative estimate of drug-likeness (QED) is 0.669. The minimum absolute atomic E-state index is 0.141. The van der Waals surface area contributed by atoms with Gasteiger partial charge in [-0.2, -0.15) is 0 Å². The van der Waals surface area contributed by atoms with Crippen molar-refractivity contribution >= 4 is 22.6 Å². The summed E-state index contributed by atoms with van der Waals surface area (Å²) in [7, 11) is 0. The number of nitrogens with zero attached hydrogens (tertiary/aromatic N) is 3. The van der Waals surface area contributed by atoms with E-state index in [1.165, 1.54) is 6.33 Å². The summed E-state index contributed by atoms with van der Waals surface area (Å²) in [4.78, 5) is 8.27.